The average Bonchev–Trinajstić information content (AvgIpc) is 2.61. The van der Waals surface area contributed by atoms with E-state index < -0.39 is 0 Å². The number of halogens is 2. The van der Waals surface area contributed by atoms with Crippen LogP contribution in [0.2, 0.25) is 5.02 Å². The minimum absolute atomic E-state index is 0.433. The molecule has 0 fully saturated rings. The third-order valence-corrected chi connectivity index (χ3v) is 4.37. The molecule has 2 aromatic rings. The van der Waals surface area contributed by atoms with Crippen LogP contribution in [-0.4, -0.2) is 17.7 Å². The molecule has 19 heavy (non-hydrogen) atoms. The maximum atomic E-state index is 6.32. The van der Waals surface area contributed by atoms with Gasteiger partial charge in [0.2, 0.25) is 0 Å². The van der Waals surface area contributed by atoms with Crippen molar-refractivity contribution in [2.75, 3.05) is 7.11 Å². The summed E-state index contributed by atoms with van der Waals surface area (Å²) in [6.45, 7) is 5.04. The van der Waals surface area contributed by atoms with Crippen LogP contribution in [0.3, 0.4) is 0 Å². The lowest BCUT2D eigenvalue weighted by molar-refractivity contribution is 0.417. The largest absolute Gasteiger partial charge is 0.495 e. The van der Waals surface area contributed by atoms with Gasteiger partial charge in [-0.3, -0.25) is 0 Å². The molecule has 0 saturated carbocycles. The Bertz CT molecular complexity index is 607. The molecule has 0 amide bonds. The second kappa shape index (κ2) is 5.73. The van der Waals surface area contributed by atoms with Crippen LogP contribution in [0.1, 0.15) is 19.5 Å². The summed E-state index contributed by atoms with van der Waals surface area (Å²) >= 11 is 9.99. The Morgan fingerprint density at radius 2 is 2.11 bits per heavy atom. The fraction of sp³-hybridized carbons (Fsp3) is 0.429. The summed E-state index contributed by atoms with van der Waals surface area (Å²) in [4.78, 5) is 0. The first-order valence-electron chi connectivity index (χ1n) is 6.20. The quantitative estimate of drug-likeness (QED) is 0.903. The van der Waals surface area contributed by atoms with E-state index in [1.54, 1.807) is 7.11 Å². The van der Waals surface area contributed by atoms with Crippen molar-refractivity contribution in [1.82, 2.24) is 9.88 Å². The standard InChI is InChI=1S/C14H18BrClN2O/c1-8(2)17-7-10-13(15)12-9(16)5-6-11(19-4)14(12)18(10)3/h5-6,8,17H,7H2,1-4H3. The molecular formula is C14H18BrClN2O. The van der Waals surface area contributed by atoms with Crippen molar-refractivity contribution in [2.45, 2.75) is 26.4 Å². The van der Waals surface area contributed by atoms with Crippen molar-refractivity contribution >= 4 is 38.4 Å². The van der Waals surface area contributed by atoms with Crippen LogP contribution in [0.15, 0.2) is 16.6 Å². The number of aryl methyl sites for hydroxylation is 1. The summed E-state index contributed by atoms with van der Waals surface area (Å²) in [5.41, 5.74) is 2.18. The molecule has 0 atom stereocenters. The predicted molar refractivity (Wildman–Crippen MR) is 84.2 cm³/mol. The van der Waals surface area contributed by atoms with Gasteiger partial charge in [0.25, 0.3) is 0 Å². The number of benzene rings is 1. The highest BCUT2D eigenvalue weighted by atomic mass is 79.9. The second-order valence-electron chi connectivity index (χ2n) is 4.83. The zero-order chi connectivity index (χ0) is 14.2. The zero-order valence-electron chi connectivity index (χ0n) is 11.6. The average molecular weight is 346 g/mol. The molecule has 0 bridgehead atoms. The Morgan fingerprint density at radius 1 is 1.42 bits per heavy atom. The third kappa shape index (κ3) is 2.62. The van der Waals surface area contributed by atoms with Crippen LogP contribution in [0.25, 0.3) is 10.9 Å². The lowest BCUT2D eigenvalue weighted by Crippen LogP contribution is -2.23. The van der Waals surface area contributed by atoms with Gasteiger partial charge in [0, 0.05) is 35.2 Å². The van der Waals surface area contributed by atoms with Crippen LogP contribution in [-0.2, 0) is 13.6 Å². The summed E-state index contributed by atoms with van der Waals surface area (Å²) in [6.07, 6.45) is 0. The summed E-state index contributed by atoms with van der Waals surface area (Å²) in [5, 5.41) is 5.16. The molecule has 1 N–H and O–H groups in total. The van der Waals surface area contributed by atoms with Gasteiger partial charge in [-0.05, 0) is 28.1 Å². The Morgan fingerprint density at radius 3 is 2.68 bits per heavy atom. The van der Waals surface area contributed by atoms with E-state index in [4.69, 9.17) is 16.3 Å². The molecule has 0 spiro atoms. The first-order chi connectivity index (χ1) is 8.97. The molecule has 5 heteroatoms. The van der Waals surface area contributed by atoms with E-state index in [2.05, 4.69) is 39.7 Å². The topological polar surface area (TPSA) is 26.2 Å². The number of rotatable bonds is 4. The van der Waals surface area contributed by atoms with Crippen molar-refractivity contribution in [1.29, 1.82) is 0 Å². The van der Waals surface area contributed by atoms with Crippen LogP contribution < -0.4 is 10.1 Å². The van der Waals surface area contributed by atoms with Gasteiger partial charge in [-0.1, -0.05) is 25.4 Å². The fourth-order valence-corrected chi connectivity index (χ4v) is 3.35. The highest BCUT2D eigenvalue weighted by Crippen LogP contribution is 2.40. The minimum Gasteiger partial charge on any atom is -0.495 e. The van der Waals surface area contributed by atoms with Crippen molar-refractivity contribution in [3.05, 3.63) is 27.3 Å². The normalized spacial score (nSPS) is 11.5. The molecule has 0 aliphatic rings. The van der Waals surface area contributed by atoms with E-state index >= 15 is 0 Å². The molecule has 0 aliphatic carbocycles. The molecule has 1 aromatic carbocycles. The maximum absolute atomic E-state index is 6.32. The van der Waals surface area contributed by atoms with Gasteiger partial charge in [-0.25, -0.2) is 0 Å². The molecule has 0 saturated heterocycles. The van der Waals surface area contributed by atoms with Crippen LogP contribution in [0.4, 0.5) is 0 Å². The molecule has 0 radical (unpaired) electrons. The number of hydrogen-bond donors (Lipinski definition) is 1. The number of nitrogens with zero attached hydrogens (tertiary/aromatic N) is 1. The third-order valence-electron chi connectivity index (χ3n) is 3.20. The van der Waals surface area contributed by atoms with Crippen molar-refractivity contribution < 1.29 is 4.74 Å². The van der Waals surface area contributed by atoms with Gasteiger partial charge >= 0.3 is 0 Å². The number of nitrogens with one attached hydrogen (secondary N) is 1. The lowest BCUT2D eigenvalue weighted by atomic mass is 10.2. The highest BCUT2D eigenvalue weighted by molar-refractivity contribution is 9.10. The van der Waals surface area contributed by atoms with Crippen molar-refractivity contribution in [3.63, 3.8) is 0 Å². The maximum Gasteiger partial charge on any atom is 0.143 e. The summed E-state index contributed by atoms with van der Waals surface area (Å²) < 4.78 is 8.59. The smallest absolute Gasteiger partial charge is 0.143 e. The van der Waals surface area contributed by atoms with Gasteiger partial charge in [-0.2, -0.15) is 0 Å². The van der Waals surface area contributed by atoms with E-state index in [1.807, 2.05) is 19.2 Å². The van der Waals surface area contributed by atoms with Gasteiger partial charge in [0.05, 0.1) is 17.6 Å². The summed E-state index contributed by atoms with van der Waals surface area (Å²) in [7, 11) is 3.71. The van der Waals surface area contributed by atoms with E-state index in [1.165, 1.54) is 0 Å². The van der Waals surface area contributed by atoms with Gasteiger partial charge in [-0.15, -0.1) is 0 Å². The van der Waals surface area contributed by atoms with E-state index in [-0.39, 0.29) is 0 Å². The Hall–Kier alpha value is -0.710. The van der Waals surface area contributed by atoms with E-state index in [0.717, 1.165) is 38.4 Å². The number of methoxy groups -OCH3 is 1. The Balaban J connectivity index is 2.64. The predicted octanol–water partition coefficient (Wildman–Crippen LogP) is 4.10. The van der Waals surface area contributed by atoms with E-state index in [9.17, 15) is 0 Å². The van der Waals surface area contributed by atoms with Crippen molar-refractivity contribution in [3.8, 4) is 5.75 Å². The first-order valence-corrected chi connectivity index (χ1v) is 7.37. The number of aromatic nitrogens is 1. The van der Waals surface area contributed by atoms with Crippen LogP contribution in [0.5, 0.6) is 5.75 Å². The molecule has 1 heterocycles. The Kier molecular flexibility index (Phi) is 4.43. The van der Waals surface area contributed by atoms with Crippen LogP contribution in [0, 0.1) is 0 Å². The highest BCUT2D eigenvalue weighted by Gasteiger charge is 2.18. The first kappa shape index (κ1) is 14.7. The Labute approximate surface area is 127 Å². The number of hydrogen-bond acceptors (Lipinski definition) is 2. The molecule has 3 nitrogen and oxygen atoms in total. The fourth-order valence-electron chi connectivity index (χ4n) is 2.18. The van der Waals surface area contributed by atoms with Crippen LogP contribution >= 0.6 is 27.5 Å². The second-order valence-corrected chi connectivity index (χ2v) is 6.03. The molecule has 104 valence electrons. The van der Waals surface area contributed by atoms with Crippen molar-refractivity contribution in [2.24, 2.45) is 7.05 Å². The van der Waals surface area contributed by atoms with Gasteiger partial charge in [0.1, 0.15) is 5.75 Å². The zero-order valence-corrected chi connectivity index (χ0v) is 13.9. The summed E-state index contributed by atoms with van der Waals surface area (Å²) in [6, 6.07) is 4.20. The summed E-state index contributed by atoms with van der Waals surface area (Å²) in [5.74, 6) is 0.832. The molecule has 0 aliphatic heterocycles. The van der Waals surface area contributed by atoms with Gasteiger partial charge < -0.3 is 14.6 Å². The molecule has 2 rings (SSSR count). The molecule has 0 unspecified atom stereocenters. The SMILES string of the molecule is COc1ccc(Cl)c2c(Br)c(CNC(C)C)n(C)c12. The van der Waals surface area contributed by atoms with Gasteiger partial charge in [0.15, 0.2) is 0 Å². The molecule has 1 aromatic heterocycles. The minimum atomic E-state index is 0.433. The van der Waals surface area contributed by atoms with E-state index in [0.29, 0.717) is 6.04 Å². The lowest BCUT2D eigenvalue weighted by Gasteiger charge is -2.10. The number of ether oxygens (including phenoxy) is 1. The number of fused-ring (bicyclic) bond motifs is 1. The monoisotopic (exact) mass is 344 g/mol. The molecular weight excluding hydrogens is 328 g/mol.